The Morgan fingerprint density at radius 2 is 2.05 bits per heavy atom. The predicted octanol–water partition coefficient (Wildman–Crippen LogP) is 0.911. The first-order chi connectivity index (χ1) is 8.83. The first-order valence-electron chi connectivity index (χ1n) is 7.12. The summed E-state index contributed by atoms with van der Waals surface area (Å²) >= 11 is 0. The first-order valence-corrected chi connectivity index (χ1v) is 7.12. The quantitative estimate of drug-likeness (QED) is 0.754. The van der Waals surface area contributed by atoms with Crippen molar-refractivity contribution in [1.29, 1.82) is 0 Å². The van der Waals surface area contributed by atoms with Crippen LogP contribution in [0.2, 0.25) is 0 Å². The lowest BCUT2D eigenvalue weighted by atomic mass is 9.97. The molecule has 0 aromatic carbocycles. The van der Waals surface area contributed by atoms with Gasteiger partial charge in [0.15, 0.2) is 0 Å². The van der Waals surface area contributed by atoms with E-state index in [4.69, 9.17) is 0 Å². The summed E-state index contributed by atoms with van der Waals surface area (Å²) in [6, 6.07) is 0.133. The van der Waals surface area contributed by atoms with Crippen LogP contribution >= 0.6 is 0 Å². The molecule has 0 bridgehead atoms. The van der Waals surface area contributed by atoms with Gasteiger partial charge in [0.2, 0.25) is 11.8 Å². The highest BCUT2D eigenvalue weighted by molar-refractivity contribution is 5.89. The van der Waals surface area contributed by atoms with Crippen molar-refractivity contribution in [3.63, 3.8) is 0 Å². The van der Waals surface area contributed by atoms with Crippen LogP contribution in [-0.4, -0.2) is 46.6 Å². The topological polar surface area (TPSA) is 69.6 Å². The van der Waals surface area contributed by atoms with Gasteiger partial charge in [-0.3, -0.25) is 9.59 Å². The highest BCUT2D eigenvalue weighted by Crippen LogP contribution is 2.20. The zero-order valence-corrected chi connectivity index (χ0v) is 12.4. The van der Waals surface area contributed by atoms with E-state index in [2.05, 4.69) is 5.32 Å². The number of hydrogen-bond acceptors (Lipinski definition) is 3. The maximum atomic E-state index is 12.0. The number of nitrogens with one attached hydrogen (secondary N) is 1. The molecular weight excluding hydrogens is 244 g/mol. The minimum atomic E-state index is -0.837. The molecule has 2 N–H and O–H groups in total. The van der Waals surface area contributed by atoms with Gasteiger partial charge >= 0.3 is 0 Å². The summed E-state index contributed by atoms with van der Waals surface area (Å²) in [5.41, 5.74) is -0.837. The Balaban J connectivity index is 2.50. The van der Waals surface area contributed by atoms with E-state index < -0.39 is 5.60 Å². The summed E-state index contributed by atoms with van der Waals surface area (Å²) in [4.78, 5) is 25.5. The summed E-state index contributed by atoms with van der Waals surface area (Å²) in [5.74, 6) is -0.374. The van der Waals surface area contributed by atoms with Gasteiger partial charge in [0.1, 0.15) is 0 Å². The lowest BCUT2D eigenvalue weighted by Crippen LogP contribution is -2.44. The molecule has 0 unspecified atom stereocenters. The molecule has 5 nitrogen and oxygen atoms in total. The van der Waals surface area contributed by atoms with Crippen LogP contribution in [0.1, 0.15) is 47.0 Å². The van der Waals surface area contributed by atoms with E-state index >= 15 is 0 Å². The summed E-state index contributed by atoms with van der Waals surface area (Å²) in [7, 11) is 0. The van der Waals surface area contributed by atoms with Gasteiger partial charge in [0.25, 0.3) is 0 Å². The normalized spacial score (nSPS) is 20.2. The van der Waals surface area contributed by atoms with Crippen molar-refractivity contribution >= 4 is 11.8 Å². The average Bonchev–Trinajstić information content (AvgIpc) is 2.78. The van der Waals surface area contributed by atoms with E-state index in [1.807, 2.05) is 27.7 Å². The number of likely N-dealkylation sites (tertiary alicyclic amines) is 1. The van der Waals surface area contributed by atoms with Crippen molar-refractivity contribution in [1.82, 2.24) is 10.2 Å². The number of amides is 2. The van der Waals surface area contributed by atoms with Crippen LogP contribution in [0.5, 0.6) is 0 Å². The van der Waals surface area contributed by atoms with Crippen molar-refractivity contribution in [2.75, 3.05) is 13.1 Å². The second kappa shape index (κ2) is 6.37. The third-order valence-electron chi connectivity index (χ3n) is 4.06. The summed E-state index contributed by atoms with van der Waals surface area (Å²) in [6.45, 7) is 8.44. The molecule has 0 radical (unpaired) electrons. The van der Waals surface area contributed by atoms with Crippen molar-refractivity contribution in [3.8, 4) is 0 Å². The van der Waals surface area contributed by atoms with Crippen LogP contribution in [0.25, 0.3) is 0 Å². The van der Waals surface area contributed by atoms with Crippen LogP contribution in [0, 0.1) is 5.92 Å². The van der Waals surface area contributed by atoms with E-state index in [9.17, 15) is 14.7 Å². The van der Waals surface area contributed by atoms with Crippen LogP contribution in [0.3, 0.4) is 0 Å². The summed E-state index contributed by atoms with van der Waals surface area (Å²) in [6.07, 6.45) is 1.48. The Morgan fingerprint density at radius 3 is 2.47 bits per heavy atom. The molecule has 1 heterocycles. The number of carbonyl (C=O) groups excluding carboxylic acids is 2. The number of aliphatic hydroxyl groups is 1. The standard InChI is InChI=1S/C14H26N2O3/c1-5-14(19,6-2)9-15-13(18)11-7-12(17)16(8-11)10(3)4/h10-11,19H,5-9H2,1-4H3,(H,15,18)/t11-/m1/s1. The molecule has 0 aromatic heterocycles. The lowest BCUT2D eigenvalue weighted by molar-refractivity contribution is -0.130. The third-order valence-corrected chi connectivity index (χ3v) is 4.06. The van der Waals surface area contributed by atoms with Gasteiger partial charge in [-0.05, 0) is 26.7 Å². The molecule has 1 atom stereocenters. The Kier molecular flexibility index (Phi) is 5.35. The Morgan fingerprint density at radius 1 is 1.47 bits per heavy atom. The molecule has 1 aliphatic rings. The van der Waals surface area contributed by atoms with Crippen molar-refractivity contribution in [2.24, 2.45) is 5.92 Å². The lowest BCUT2D eigenvalue weighted by Gasteiger charge is -2.26. The molecule has 5 heteroatoms. The number of carbonyl (C=O) groups is 2. The second-order valence-electron chi connectivity index (χ2n) is 5.69. The minimum absolute atomic E-state index is 0.0383. The maximum absolute atomic E-state index is 12.0. The fraction of sp³-hybridized carbons (Fsp3) is 0.857. The number of nitrogens with zero attached hydrogens (tertiary/aromatic N) is 1. The van der Waals surface area contributed by atoms with E-state index in [1.54, 1.807) is 4.90 Å². The number of rotatable bonds is 6. The summed E-state index contributed by atoms with van der Waals surface area (Å²) in [5, 5.41) is 12.9. The van der Waals surface area contributed by atoms with Crippen molar-refractivity contribution < 1.29 is 14.7 Å². The van der Waals surface area contributed by atoms with E-state index in [0.29, 0.717) is 19.4 Å². The monoisotopic (exact) mass is 270 g/mol. The zero-order valence-electron chi connectivity index (χ0n) is 12.4. The van der Waals surface area contributed by atoms with Crippen LogP contribution in [0.15, 0.2) is 0 Å². The molecule has 1 aliphatic heterocycles. The Labute approximate surface area is 115 Å². The van der Waals surface area contributed by atoms with Crippen molar-refractivity contribution in [2.45, 2.75) is 58.6 Å². The highest BCUT2D eigenvalue weighted by Gasteiger charge is 2.36. The Hall–Kier alpha value is -1.10. The van der Waals surface area contributed by atoms with Gasteiger partial charge in [-0.1, -0.05) is 13.8 Å². The molecule has 2 amide bonds. The Bertz CT molecular complexity index is 338. The molecule has 19 heavy (non-hydrogen) atoms. The second-order valence-corrected chi connectivity index (χ2v) is 5.69. The van der Waals surface area contributed by atoms with Gasteiger partial charge < -0.3 is 15.3 Å². The fourth-order valence-electron chi connectivity index (χ4n) is 2.30. The molecular formula is C14H26N2O3. The molecule has 1 fully saturated rings. The first kappa shape index (κ1) is 16.0. The molecule has 1 saturated heterocycles. The maximum Gasteiger partial charge on any atom is 0.225 e. The van der Waals surface area contributed by atoms with Crippen LogP contribution in [0.4, 0.5) is 0 Å². The molecule has 0 aromatic rings. The predicted molar refractivity (Wildman–Crippen MR) is 73.5 cm³/mol. The molecule has 0 saturated carbocycles. The minimum Gasteiger partial charge on any atom is -0.388 e. The molecule has 1 rings (SSSR count). The van der Waals surface area contributed by atoms with Gasteiger partial charge in [-0.2, -0.15) is 0 Å². The van der Waals surface area contributed by atoms with E-state index in [-0.39, 0.29) is 36.7 Å². The fourth-order valence-corrected chi connectivity index (χ4v) is 2.30. The average molecular weight is 270 g/mol. The van der Waals surface area contributed by atoms with Gasteiger partial charge in [0.05, 0.1) is 11.5 Å². The zero-order chi connectivity index (χ0) is 14.6. The van der Waals surface area contributed by atoms with E-state index in [0.717, 1.165) is 0 Å². The smallest absolute Gasteiger partial charge is 0.225 e. The van der Waals surface area contributed by atoms with Gasteiger partial charge in [-0.15, -0.1) is 0 Å². The van der Waals surface area contributed by atoms with E-state index in [1.165, 1.54) is 0 Å². The SMILES string of the molecule is CCC(O)(CC)CNC(=O)[C@@H]1CC(=O)N(C(C)C)C1. The largest absolute Gasteiger partial charge is 0.388 e. The molecule has 0 spiro atoms. The van der Waals surface area contributed by atoms with Crippen molar-refractivity contribution in [3.05, 3.63) is 0 Å². The third kappa shape index (κ3) is 3.93. The summed E-state index contributed by atoms with van der Waals surface area (Å²) < 4.78 is 0. The van der Waals surface area contributed by atoms with Gasteiger partial charge in [-0.25, -0.2) is 0 Å². The molecule has 110 valence electrons. The van der Waals surface area contributed by atoms with Crippen LogP contribution in [-0.2, 0) is 9.59 Å². The van der Waals surface area contributed by atoms with Crippen LogP contribution < -0.4 is 5.32 Å². The number of hydrogen-bond donors (Lipinski definition) is 2. The highest BCUT2D eigenvalue weighted by atomic mass is 16.3. The van der Waals surface area contributed by atoms with Gasteiger partial charge in [0, 0.05) is 25.6 Å². The molecule has 0 aliphatic carbocycles.